The van der Waals surface area contributed by atoms with Gasteiger partial charge in [-0.25, -0.2) is 18.6 Å². The quantitative estimate of drug-likeness (QED) is 0.145. The molecule has 10 rings (SSSR count). The number of benzene rings is 2. The first-order valence-corrected chi connectivity index (χ1v) is 24.0. The zero-order chi connectivity index (χ0) is 41.3. The number of fused-ring (bicyclic) bond motifs is 9. The Balaban J connectivity index is 1.17. The number of halogens is 2. The fourth-order valence-electron chi connectivity index (χ4n) is 12.7. The molecule has 0 radical (unpaired) electrons. The average molecular weight is 821 g/mol. The van der Waals surface area contributed by atoms with Crippen molar-refractivity contribution in [2.75, 3.05) is 31.1 Å². The molecule has 1 N–H and O–H groups in total. The molecule has 5 aliphatic heterocycles. The lowest BCUT2D eigenvalue weighted by Crippen LogP contribution is -2.64. The van der Waals surface area contributed by atoms with Crippen LogP contribution in [0.3, 0.4) is 0 Å². The second kappa shape index (κ2) is 13.7. The van der Waals surface area contributed by atoms with Crippen molar-refractivity contribution in [3.05, 3.63) is 47.5 Å². The lowest BCUT2D eigenvalue weighted by Gasteiger charge is -2.47. The van der Waals surface area contributed by atoms with Gasteiger partial charge in [0.25, 0.3) is 0 Å². The van der Waals surface area contributed by atoms with E-state index >= 15 is 8.78 Å². The normalized spacial score (nSPS) is 28.1. The zero-order valence-electron chi connectivity index (χ0n) is 35.1. The molecular formula is C46H54F2N6O4Si. The second-order valence-corrected chi connectivity index (χ2v) is 24.7. The van der Waals surface area contributed by atoms with E-state index in [4.69, 9.17) is 24.4 Å². The van der Waals surface area contributed by atoms with Crippen LogP contribution in [0.25, 0.3) is 32.9 Å². The number of pyridine rings is 1. The van der Waals surface area contributed by atoms with E-state index in [0.29, 0.717) is 82.0 Å². The van der Waals surface area contributed by atoms with E-state index in [0.717, 1.165) is 25.9 Å². The van der Waals surface area contributed by atoms with Crippen molar-refractivity contribution in [1.29, 1.82) is 0 Å². The van der Waals surface area contributed by atoms with Crippen LogP contribution < -0.4 is 14.4 Å². The Labute approximate surface area is 345 Å². The van der Waals surface area contributed by atoms with Crippen molar-refractivity contribution in [2.45, 2.75) is 127 Å². The number of hydrogen-bond donors (Lipinski definition) is 1. The predicted molar refractivity (Wildman–Crippen MR) is 227 cm³/mol. The Kier molecular flexibility index (Phi) is 9.00. The maximum atomic E-state index is 17.8. The van der Waals surface area contributed by atoms with Crippen molar-refractivity contribution in [1.82, 2.24) is 24.8 Å². The lowest BCUT2D eigenvalue weighted by atomic mass is 9.92. The topological polar surface area (TPSA) is 104 Å². The molecule has 7 heterocycles. The Hall–Kier alpha value is -4.54. The molecule has 0 spiro atoms. The molecule has 1 saturated carbocycles. The van der Waals surface area contributed by atoms with E-state index in [1.54, 1.807) is 17.0 Å². The van der Waals surface area contributed by atoms with Crippen molar-refractivity contribution in [3.8, 4) is 34.6 Å². The number of carboxylic acid groups (broad SMARTS) is 1. The molecule has 10 nitrogen and oxygen atoms in total. The fraction of sp³-hybridized carbons (Fsp3) is 0.565. The van der Waals surface area contributed by atoms with Gasteiger partial charge < -0.3 is 19.5 Å². The van der Waals surface area contributed by atoms with Gasteiger partial charge in [0.05, 0.1) is 29.2 Å². The Morgan fingerprint density at radius 2 is 1.81 bits per heavy atom. The molecule has 1 aliphatic carbocycles. The Morgan fingerprint density at radius 1 is 1.03 bits per heavy atom. The molecule has 1 amide bonds. The summed E-state index contributed by atoms with van der Waals surface area (Å²) in [6.45, 7) is 18.2. The average Bonchev–Trinajstić information content (AvgIpc) is 3.63. The summed E-state index contributed by atoms with van der Waals surface area (Å²) in [5.41, 5.74) is 5.22. The van der Waals surface area contributed by atoms with Crippen LogP contribution in [-0.4, -0.2) is 100 Å². The summed E-state index contributed by atoms with van der Waals surface area (Å²) in [5.74, 6) is 4.09. The van der Waals surface area contributed by atoms with Crippen molar-refractivity contribution in [2.24, 2.45) is 11.8 Å². The summed E-state index contributed by atoms with van der Waals surface area (Å²) < 4.78 is 47.4. The number of anilines is 1. The number of nitrogens with zero attached hydrogens (tertiary/aromatic N) is 6. The number of hydrogen-bond acceptors (Lipinski definition) is 8. The number of rotatable bonds is 7. The van der Waals surface area contributed by atoms with Crippen LogP contribution in [0.1, 0.15) is 86.1 Å². The molecule has 4 aromatic rings. The Morgan fingerprint density at radius 3 is 2.56 bits per heavy atom. The molecule has 2 bridgehead atoms. The molecule has 6 aliphatic rings. The number of ether oxygens (including phenoxy) is 2. The monoisotopic (exact) mass is 820 g/mol. The van der Waals surface area contributed by atoms with Crippen LogP contribution in [0, 0.1) is 34.9 Å². The molecule has 7 atom stereocenters. The van der Waals surface area contributed by atoms with Crippen LogP contribution in [-0.2, 0) is 0 Å². The van der Waals surface area contributed by atoms with Crippen molar-refractivity contribution in [3.63, 3.8) is 0 Å². The third kappa shape index (κ3) is 5.64. The molecule has 13 heteroatoms. The van der Waals surface area contributed by atoms with Gasteiger partial charge in [-0.15, -0.1) is 5.54 Å². The van der Waals surface area contributed by atoms with E-state index in [1.807, 2.05) is 19.1 Å². The molecule has 2 aromatic heterocycles. The van der Waals surface area contributed by atoms with Gasteiger partial charge in [-0.2, -0.15) is 9.97 Å². The summed E-state index contributed by atoms with van der Waals surface area (Å²) in [5, 5.41) is 11.8. The number of piperazine rings is 1. The van der Waals surface area contributed by atoms with Crippen molar-refractivity contribution < 1.29 is 28.2 Å². The molecule has 5 fully saturated rings. The molecule has 310 valence electrons. The SMILES string of the molecule is CC1Oc2nc(-c3cccc4ccc(F)c(C#C[Si](C(C)C)(C(C)C)C(C)C)c34)c(F)c3nc(OCC45CCCN4C[C@@H]4C[C@@H]45)nc(c23)N2CC3CCC(C12)N3C(=O)O. The van der Waals surface area contributed by atoms with Crippen LogP contribution >= 0.6 is 0 Å². The van der Waals surface area contributed by atoms with Crippen LogP contribution in [0.15, 0.2) is 30.3 Å². The van der Waals surface area contributed by atoms with Gasteiger partial charge >= 0.3 is 12.1 Å². The smallest absolute Gasteiger partial charge is 0.407 e. The van der Waals surface area contributed by atoms with Crippen LogP contribution in [0.5, 0.6) is 11.9 Å². The van der Waals surface area contributed by atoms with Gasteiger partial charge in [0.15, 0.2) is 5.82 Å². The van der Waals surface area contributed by atoms with E-state index in [1.165, 1.54) is 12.5 Å². The van der Waals surface area contributed by atoms with E-state index in [-0.39, 0.29) is 46.3 Å². The molecular weight excluding hydrogens is 767 g/mol. The summed E-state index contributed by atoms with van der Waals surface area (Å²) >= 11 is 0. The number of piperidine rings is 1. The first-order valence-electron chi connectivity index (χ1n) is 21.7. The maximum absolute atomic E-state index is 17.8. The van der Waals surface area contributed by atoms with Gasteiger partial charge in [-0.3, -0.25) is 9.80 Å². The minimum atomic E-state index is -2.28. The first-order chi connectivity index (χ1) is 28.2. The van der Waals surface area contributed by atoms with Crippen LogP contribution in [0.2, 0.25) is 16.6 Å². The molecule has 59 heavy (non-hydrogen) atoms. The van der Waals surface area contributed by atoms with E-state index < -0.39 is 37.9 Å². The van der Waals surface area contributed by atoms with Gasteiger partial charge in [-0.1, -0.05) is 71.7 Å². The standard InChI is InChI=1S/C46H54F2N6O4Si/c1-24(2)59(25(3)4,26(5)6)19-16-31-34(47)14-12-28-10-8-11-32(36(28)31)39-38(48)40-37-42(51-44(50-40)57-23-46-17-9-18-52(46)21-29-20-33(29)46)53-22-30-13-15-35(54(30)45(55)56)41(53)27(7)58-43(37)49-39/h8,10-12,14,24-27,29-30,33,35,41H,9,13,15,17-18,20-23H2,1-7H3,(H,55,56)/t27?,29-,30?,33-,35?,41?,46?/m0/s1. The van der Waals surface area contributed by atoms with Gasteiger partial charge in [-0.05, 0) is 85.5 Å². The molecule has 4 saturated heterocycles. The zero-order valence-corrected chi connectivity index (χ0v) is 36.1. The van der Waals surface area contributed by atoms with Gasteiger partial charge in [0, 0.05) is 24.0 Å². The van der Waals surface area contributed by atoms with Gasteiger partial charge in [0.1, 0.15) is 49.0 Å². The second-order valence-electron chi connectivity index (χ2n) is 19.1. The largest absolute Gasteiger partial charge is 0.472 e. The molecule has 5 unspecified atom stereocenters. The Bertz CT molecular complexity index is 2450. The summed E-state index contributed by atoms with van der Waals surface area (Å²) in [6, 6.07) is 7.68. The third-order valence-electron chi connectivity index (χ3n) is 15.4. The first kappa shape index (κ1) is 38.6. The molecule has 2 aromatic carbocycles. The highest BCUT2D eigenvalue weighted by Gasteiger charge is 2.64. The van der Waals surface area contributed by atoms with Gasteiger partial charge in [0.2, 0.25) is 5.88 Å². The predicted octanol–water partition coefficient (Wildman–Crippen LogP) is 9.04. The number of amides is 1. The van der Waals surface area contributed by atoms with Crippen LogP contribution in [0.4, 0.5) is 19.4 Å². The number of aromatic nitrogens is 3. The number of carbonyl (C=O) groups is 1. The highest BCUT2D eigenvalue weighted by Crippen LogP contribution is 2.59. The summed E-state index contributed by atoms with van der Waals surface area (Å²) in [6.07, 6.45) is 3.26. The van der Waals surface area contributed by atoms with Crippen molar-refractivity contribution >= 4 is 41.7 Å². The lowest BCUT2D eigenvalue weighted by molar-refractivity contribution is 0.0704. The highest BCUT2D eigenvalue weighted by atomic mass is 28.3. The minimum absolute atomic E-state index is 0.00856. The fourth-order valence-corrected chi connectivity index (χ4v) is 17.9. The van der Waals surface area contributed by atoms with E-state index in [9.17, 15) is 9.90 Å². The maximum Gasteiger partial charge on any atom is 0.407 e. The van der Waals surface area contributed by atoms with E-state index in [2.05, 4.69) is 62.8 Å². The highest BCUT2D eigenvalue weighted by molar-refractivity contribution is 6.90. The summed E-state index contributed by atoms with van der Waals surface area (Å²) in [7, 11) is -2.28. The summed E-state index contributed by atoms with van der Waals surface area (Å²) in [4.78, 5) is 33.7. The minimum Gasteiger partial charge on any atom is -0.472 e. The third-order valence-corrected chi connectivity index (χ3v) is 21.7.